The van der Waals surface area contributed by atoms with E-state index in [1.54, 1.807) is 12.1 Å². The first-order chi connectivity index (χ1) is 17.5. The minimum absolute atomic E-state index is 0.315. The lowest BCUT2D eigenvalue weighted by atomic mass is 9.97. The molecule has 0 N–H and O–H groups in total. The highest BCUT2D eigenvalue weighted by molar-refractivity contribution is 5.90. The van der Waals surface area contributed by atoms with Crippen LogP contribution in [0, 0.1) is 6.92 Å². The molecule has 0 fully saturated rings. The molecule has 0 spiro atoms. The van der Waals surface area contributed by atoms with Gasteiger partial charge in [-0.15, -0.1) is 0 Å². The van der Waals surface area contributed by atoms with E-state index in [-0.39, 0.29) is 11.6 Å². The van der Waals surface area contributed by atoms with Crippen LogP contribution in [0.3, 0.4) is 0 Å². The first-order valence-electron chi connectivity index (χ1n) is 12.3. The summed E-state index contributed by atoms with van der Waals surface area (Å²) in [5.41, 5.74) is 5.17. The third kappa shape index (κ3) is 4.71. The van der Waals surface area contributed by atoms with Crippen molar-refractivity contribution in [2.24, 2.45) is 0 Å². The van der Waals surface area contributed by atoms with Crippen molar-refractivity contribution in [1.29, 1.82) is 0 Å². The Hall–Kier alpha value is -4.06. The van der Waals surface area contributed by atoms with Gasteiger partial charge in [0.2, 0.25) is 0 Å². The molecule has 3 aromatic carbocycles. The summed E-state index contributed by atoms with van der Waals surface area (Å²) in [6.07, 6.45) is 2.36. The van der Waals surface area contributed by atoms with Gasteiger partial charge in [-0.3, -0.25) is 0 Å². The van der Waals surface area contributed by atoms with Crippen molar-refractivity contribution in [3.8, 4) is 5.75 Å². The quantitative estimate of drug-likeness (QED) is 0.182. The lowest BCUT2D eigenvalue weighted by molar-refractivity contribution is 0.0500. The number of benzene rings is 3. The fourth-order valence-electron chi connectivity index (χ4n) is 4.53. The largest absolute Gasteiger partial charge is 0.473 e. The van der Waals surface area contributed by atoms with Crippen LogP contribution in [0.15, 0.2) is 75.9 Å². The number of nitrogens with zero attached hydrogens (tertiary/aromatic N) is 1. The van der Waals surface area contributed by atoms with Crippen molar-refractivity contribution in [1.82, 2.24) is 0 Å². The number of carbonyl (C=O) groups excluding carboxylic acids is 1. The zero-order chi connectivity index (χ0) is 25.1. The summed E-state index contributed by atoms with van der Waals surface area (Å²) >= 11 is 0. The van der Waals surface area contributed by atoms with Gasteiger partial charge >= 0.3 is 11.6 Å². The summed E-state index contributed by atoms with van der Waals surface area (Å²) in [7, 11) is 0. The van der Waals surface area contributed by atoms with E-state index in [1.165, 1.54) is 0 Å². The van der Waals surface area contributed by atoms with E-state index in [9.17, 15) is 9.59 Å². The molecule has 1 aliphatic heterocycles. The van der Waals surface area contributed by atoms with Gasteiger partial charge in [-0.2, -0.15) is 0 Å². The smallest absolute Gasteiger partial charge is 0.340 e. The van der Waals surface area contributed by atoms with Gasteiger partial charge in [0.05, 0.1) is 24.3 Å². The molecular formula is C30H29NO5. The Bertz CT molecular complexity index is 1440. The average Bonchev–Trinajstić information content (AvgIpc) is 2.91. The van der Waals surface area contributed by atoms with Gasteiger partial charge in [0.25, 0.3) is 0 Å². The van der Waals surface area contributed by atoms with Crippen LogP contribution in [0.1, 0.15) is 52.4 Å². The molecule has 0 aliphatic carbocycles. The van der Waals surface area contributed by atoms with Crippen LogP contribution in [-0.2, 0) is 17.7 Å². The van der Waals surface area contributed by atoms with Gasteiger partial charge in [0, 0.05) is 23.1 Å². The predicted octanol–water partition coefficient (Wildman–Crippen LogP) is 6.01. The molecule has 0 bridgehead atoms. The first kappa shape index (κ1) is 23.7. The molecule has 0 saturated carbocycles. The predicted molar refractivity (Wildman–Crippen MR) is 140 cm³/mol. The minimum atomic E-state index is -0.319. The fourth-order valence-corrected chi connectivity index (χ4v) is 4.53. The number of hydrogen-bond acceptors (Lipinski definition) is 6. The molecule has 6 nitrogen and oxygen atoms in total. The second-order valence-corrected chi connectivity index (χ2v) is 9.08. The van der Waals surface area contributed by atoms with Crippen LogP contribution in [0.4, 0.5) is 5.69 Å². The number of unbranched alkanes of at least 4 members (excludes halogenated alkanes) is 1. The zero-order valence-electron chi connectivity index (χ0n) is 20.6. The molecule has 5 rings (SSSR count). The third-order valence-corrected chi connectivity index (χ3v) is 6.66. The maximum absolute atomic E-state index is 13.0. The maximum Gasteiger partial charge on any atom is 0.340 e. The van der Waals surface area contributed by atoms with E-state index in [0.717, 1.165) is 40.6 Å². The van der Waals surface area contributed by atoms with Gasteiger partial charge in [-0.25, -0.2) is 9.59 Å². The van der Waals surface area contributed by atoms with Crippen LogP contribution in [-0.4, -0.2) is 19.3 Å². The van der Waals surface area contributed by atoms with E-state index < -0.39 is 0 Å². The number of carbonyl (C=O) groups is 1. The Morgan fingerprint density at radius 2 is 1.81 bits per heavy atom. The standard InChI is InChI=1S/C30H29NO5/c1-3-4-16-34-29(32)22-10-12-23(13-11-22)31-18-26-27(35-19-31)15-14-24-20(2)25(30(33)36-28(24)26)17-21-8-6-5-7-9-21/h5-15H,3-4,16-19H2,1-2H3. The van der Waals surface area contributed by atoms with Crippen molar-refractivity contribution < 1.29 is 18.7 Å². The van der Waals surface area contributed by atoms with E-state index in [4.69, 9.17) is 13.9 Å². The van der Waals surface area contributed by atoms with Crippen LogP contribution in [0.2, 0.25) is 0 Å². The summed E-state index contributed by atoms with van der Waals surface area (Å²) < 4.78 is 17.2. The third-order valence-electron chi connectivity index (χ3n) is 6.66. The number of anilines is 1. The monoisotopic (exact) mass is 483 g/mol. The number of aryl methyl sites for hydroxylation is 1. The minimum Gasteiger partial charge on any atom is -0.473 e. The Morgan fingerprint density at radius 3 is 2.56 bits per heavy atom. The fraction of sp³-hybridized carbons (Fsp3) is 0.267. The van der Waals surface area contributed by atoms with Gasteiger partial charge in [-0.05, 0) is 60.9 Å². The highest BCUT2D eigenvalue weighted by Gasteiger charge is 2.24. The van der Waals surface area contributed by atoms with Crippen molar-refractivity contribution in [2.45, 2.75) is 39.7 Å². The van der Waals surface area contributed by atoms with E-state index in [1.807, 2.05) is 66.4 Å². The van der Waals surface area contributed by atoms with Crippen LogP contribution in [0.5, 0.6) is 5.75 Å². The first-order valence-corrected chi connectivity index (χ1v) is 12.3. The molecule has 0 atom stereocenters. The summed E-state index contributed by atoms with van der Waals surface area (Å²) in [5.74, 6) is 0.401. The van der Waals surface area contributed by atoms with Crippen molar-refractivity contribution in [3.05, 3.63) is 105 Å². The molecule has 0 radical (unpaired) electrons. The lowest BCUT2D eigenvalue weighted by Gasteiger charge is -2.31. The Morgan fingerprint density at radius 1 is 1.03 bits per heavy atom. The summed E-state index contributed by atoms with van der Waals surface area (Å²) in [5, 5.41) is 0.912. The van der Waals surface area contributed by atoms with Crippen LogP contribution in [0.25, 0.3) is 11.0 Å². The molecule has 0 unspecified atom stereocenters. The molecule has 0 saturated heterocycles. The summed E-state index contributed by atoms with van der Waals surface area (Å²) in [4.78, 5) is 27.3. The number of fused-ring (bicyclic) bond motifs is 3. The molecule has 6 heteroatoms. The highest BCUT2D eigenvalue weighted by atomic mass is 16.5. The van der Waals surface area contributed by atoms with E-state index in [2.05, 4.69) is 6.92 Å². The molecular weight excluding hydrogens is 454 g/mol. The van der Waals surface area contributed by atoms with Crippen LogP contribution >= 0.6 is 0 Å². The Labute approximate surface area is 210 Å². The number of esters is 1. The van der Waals surface area contributed by atoms with Gasteiger partial charge in [-0.1, -0.05) is 43.7 Å². The summed E-state index contributed by atoms with van der Waals surface area (Å²) in [6.45, 7) is 5.34. The molecule has 36 heavy (non-hydrogen) atoms. The second-order valence-electron chi connectivity index (χ2n) is 9.08. The van der Waals surface area contributed by atoms with E-state index in [0.29, 0.717) is 48.8 Å². The lowest BCUT2D eigenvalue weighted by Crippen LogP contribution is -2.32. The highest BCUT2D eigenvalue weighted by Crippen LogP contribution is 2.35. The second kappa shape index (κ2) is 10.3. The van der Waals surface area contributed by atoms with Crippen molar-refractivity contribution >= 4 is 22.6 Å². The molecule has 1 aliphatic rings. The topological polar surface area (TPSA) is 69.0 Å². The van der Waals surface area contributed by atoms with Gasteiger partial charge in [0.15, 0.2) is 6.73 Å². The molecule has 4 aromatic rings. The summed E-state index contributed by atoms with van der Waals surface area (Å²) in [6, 6.07) is 21.1. The molecule has 1 aromatic heterocycles. The number of hydrogen-bond donors (Lipinski definition) is 0. The normalized spacial score (nSPS) is 12.8. The van der Waals surface area contributed by atoms with Crippen molar-refractivity contribution in [2.75, 3.05) is 18.2 Å². The Balaban J connectivity index is 1.41. The SMILES string of the molecule is CCCCOC(=O)c1ccc(N2COc3ccc4c(C)c(Cc5ccccc5)c(=O)oc4c3C2)cc1. The molecule has 0 amide bonds. The van der Waals surface area contributed by atoms with Crippen LogP contribution < -0.4 is 15.3 Å². The molecule has 184 valence electrons. The Kier molecular flexibility index (Phi) is 6.76. The van der Waals surface area contributed by atoms with Gasteiger partial charge < -0.3 is 18.8 Å². The van der Waals surface area contributed by atoms with Crippen molar-refractivity contribution in [3.63, 3.8) is 0 Å². The molecule has 2 heterocycles. The van der Waals surface area contributed by atoms with E-state index >= 15 is 0 Å². The number of ether oxygens (including phenoxy) is 2. The average molecular weight is 484 g/mol. The zero-order valence-corrected chi connectivity index (χ0v) is 20.6. The van der Waals surface area contributed by atoms with Gasteiger partial charge in [0.1, 0.15) is 11.3 Å². The maximum atomic E-state index is 13.0. The number of rotatable bonds is 7.